The number of hydrogen-bond donors (Lipinski definition) is 1. The maximum atomic E-state index is 10.9. The van der Waals surface area contributed by atoms with E-state index in [-0.39, 0.29) is 5.82 Å². The van der Waals surface area contributed by atoms with Crippen LogP contribution in [-0.2, 0) is 0 Å². The first-order chi connectivity index (χ1) is 8.65. The number of carboxylic acids is 1. The molecule has 0 aliphatic heterocycles. The van der Waals surface area contributed by atoms with E-state index in [4.69, 9.17) is 16.7 Å². The van der Waals surface area contributed by atoms with Gasteiger partial charge in [0, 0.05) is 10.9 Å². The number of rotatable bonds is 3. The van der Waals surface area contributed by atoms with Crippen molar-refractivity contribution in [1.29, 1.82) is 0 Å². The third-order valence-corrected chi connectivity index (χ3v) is 3.09. The number of carbonyl (C=O) groups is 1. The van der Waals surface area contributed by atoms with E-state index >= 15 is 0 Å². The molecule has 1 aliphatic carbocycles. The molecule has 1 heterocycles. The van der Waals surface area contributed by atoms with Gasteiger partial charge in [0.15, 0.2) is 0 Å². The summed E-state index contributed by atoms with van der Waals surface area (Å²) in [5.74, 6) is -0.229. The number of hydrogen-bond acceptors (Lipinski definition) is 3. The Morgan fingerprint density at radius 3 is 2.56 bits per heavy atom. The Morgan fingerprint density at radius 1 is 1.33 bits per heavy atom. The highest BCUT2D eigenvalue weighted by Crippen LogP contribution is 2.39. The van der Waals surface area contributed by atoms with Crippen molar-refractivity contribution in [3.05, 3.63) is 40.9 Å². The molecule has 0 spiro atoms. The van der Waals surface area contributed by atoms with Gasteiger partial charge in [-0.25, -0.2) is 14.5 Å². The van der Waals surface area contributed by atoms with Crippen LogP contribution in [0.15, 0.2) is 24.3 Å². The Bertz CT molecular complexity index is 602. The monoisotopic (exact) mass is 263 g/mol. The second kappa shape index (κ2) is 4.10. The first-order valence-corrected chi connectivity index (χ1v) is 5.99. The molecule has 1 N–H and O–H groups in total. The Hall–Kier alpha value is -1.88. The summed E-state index contributed by atoms with van der Waals surface area (Å²) in [6, 6.07) is 7.09. The lowest BCUT2D eigenvalue weighted by molar-refractivity contribution is 0.0683. The average molecular weight is 264 g/mol. The van der Waals surface area contributed by atoms with E-state index in [0.29, 0.717) is 10.9 Å². The van der Waals surface area contributed by atoms with E-state index in [9.17, 15) is 4.79 Å². The van der Waals surface area contributed by atoms with Crippen LogP contribution in [0, 0.1) is 0 Å². The van der Waals surface area contributed by atoms with Crippen molar-refractivity contribution in [2.45, 2.75) is 18.8 Å². The van der Waals surface area contributed by atoms with E-state index < -0.39 is 5.97 Å². The molecule has 1 aromatic carbocycles. The minimum absolute atomic E-state index is 0.160. The molecular weight excluding hydrogens is 254 g/mol. The molecule has 0 bridgehead atoms. The van der Waals surface area contributed by atoms with Gasteiger partial charge in [0.2, 0.25) is 0 Å². The maximum absolute atomic E-state index is 10.9. The zero-order valence-corrected chi connectivity index (χ0v) is 10.1. The van der Waals surface area contributed by atoms with Crippen molar-refractivity contribution >= 4 is 17.6 Å². The Balaban J connectivity index is 2.09. The summed E-state index contributed by atoms with van der Waals surface area (Å²) in [7, 11) is 0. The third kappa shape index (κ3) is 1.97. The van der Waals surface area contributed by atoms with Gasteiger partial charge < -0.3 is 5.11 Å². The molecule has 1 aliphatic rings. The van der Waals surface area contributed by atoms with Gasteiger partial charge in [0.05, 0.1) is 5.69 Å². The second-order valence-electron chi connectivity index (χ2n) is 4.26. The quantitative estimate of drug-likeness (QED) is 0.924. The molecule has 0 atom stereocenters. The van der Waals surface area contributed by atoms with Gasteiger partial charge >= 0.3 is 5.97 Å². The number of nitrogens with zero attached hydrogens (tertiary/aromatic N) is 3. The minimum atomic E-state index is -1.11. The van der Waals surface area contributed by atoms with Crippen LogP contribution < -0.4 is 0 Å². The molecule has 92 valence electrons. The van der Waals surface area contributed by atoms with E-state index in [1.165, 1.54) is 0 Å². The molecule has 1 saturated carbocycles. The van der Waals surface area contributed by atoms with Crippen LogP contribution in [0.25, 0.3) is 5.69 Å². The van der Waals surface area contributed by atoms with Crippen LogP contribution in [0.3, 0.4) is 0 Å². The number of halogens is 1. The largest absolute Gasteiger partial charge is 0.475 e. The summed E-state index contributed by atoms with van der Waals surface area (Å²) in [4.78, 5) is 15.0. The fraction of sp³-hybridized carbons (Fsp3) is 0.250. The Morgan fingerprint density at radius 2 is 2.00 bits per heavy atom. The summed E-state index contributed by atoms with van der Waals surface area (Å²) in [6.07, 6.45) is 2.07. The van der Waals surface area contributed by atoms with Crippen LogP contribution >= 0.6 is 11.6 Å². The second-order valence-corrected chi connectivity index (χ2v) is 4.70. The van der Waals surface area contributed by atoms with Crippen molar-refractivity contribution in [2.24, 2.45) is 0 Å². The minimum Gasteiger partial charge on any atom is -0.475 e. The lowest BCUT2D eigenvalue weighted by atomic mass is 10.3. The number of benzene rings is 1. The fourth-order valence-corrected chi connectivity index (χ4v) is 1.92. The molecule has 0 unspecified atom stereocenters. The average Bonchev–Trinajstić information content (AvgIpc) is 3.09. The molecule has 0 saturated heterocycles. The predicted molar refractivity (Wildman–Crippen MR) is 65.3 cm³/mol. The third-order valence-electron chi connectivity index (χ3n) is 2.84. The standard InChI is InChI=1S/C12H10ClN3O2/c13-8-3-5-9(6-4-8)16-11(7-1-2-7)14-10(15-16)12(17)18/h3-7H,1-2H2,(H,17,18). The van der Waals surface area contributed by atoms with Crippen LogP contribution in [0.5, 0.6) is 0 Å². The van der Waals surface area contributed by atoms with Gasteiger partial charge in [-0.1, -0.05) is 11.6 Å². The van der Waals surface area contributed by atoms with E-state index in [1.54, 1.807) is 28.9 Å². The first-order valence-electron chi connectivity index (χ1n) is 5.61. The lowest BCUT2D eigenvalue weighted by Crippen LogP contribution is -2.03. The molecule has 5 nitrogen and oxygen atoms in total. The summed E-state index contributed by atoms with van der Waals surface area (Å²) in [6.45, 7) is 0. The molecule has 2 aromatic rings. The highest BCUT2D eigenvalue weighted by Gasteiger charge is 2.31. The van der Waals surface area contributed by atoms with Gasteiger partial charge in [-0.05, 0) is 37.1 Å². The Labute approximate surface area is 108 Å². The summed E-state index contributed by atoms with van der Waals surface area (Å²) in [5, 5.41) is 13.6. The molecule has 1 aromatic heterocycles. The predicted octanol–water partition coefficient (Wildman–Crippen LogP) is 2.50. The highest BCUT2D eigenvalue weighted by molar-refractivity contribution is 6.30. The highest BCUT2D eigenvalue weighted by atomic mass is 35.5. The SMILES string of the molecule is O=C(O)c1nc(C2CC2)n(-c2ccc(Cl)cc2)n1. The van der Waals surface area contributed by atoms with E-state index in [1.807, 2.05) is 0 Å². The van der Waals surface area contributed by atoms with Crippen LogP contribution in [-0.4, -0.2) is 25.8 Å². The van der Waals surface area contributed by atoms with Crippen LogP contribution in [0.4, 0.5) is 0 Å². The normalized spacial score (nSPS) is 14.7. The van der Waals surface area contributed by atoms with Gasteiger partial charge in [-0.2, -0.15) is 0 Å². The van der Waals surface area contributed by atoms with Crippen molar-refractivity contribution in [3.63, 3.8) is 0 Å². The molecule has 1 fully saturated rings. The summed E-state index contributed by atoms with van der Waals surface area (Å²) < 4.78 is 1.59. The maximum Gasteiger partial charge on any atom is 0.375 e. The van der Waals surface area contributed by atoms with Crippen molar-refractivity contribution in [2.75, 3.05) is 0 Å². The molecule has 6 heteroatoms. The fourth-order valence-electron chi connectivity index (χ4n) is 1.79. The molecule has 18 heavy (non-hydrogen) atoms. The van der Waals surface area contributed by atoms with Gasteiger partial charge in [-0.3, -0.25) is 0 Å². The molecular formula is C12H10ClN3O2. The van der Waals surface area contributed by atoms with Crippen LogP contribution in [0.1, 0.15) is 35.2 Å². The van der Waals surface area contributed by atoms with E-state index in [0.717, 1.165) is 24.4 Å². The first kappa shape index (κ1) is 11.2. The number of aromatic carboxylic acids is 1. The van der Waals surface area contributed by atoms with Gasteiger partial charge in [-0.15, -0.1) is 5.10 Å². The molecule has 0 amide bonds. The van der Waals surface area contributed by atoms with Crippen molar-refractivity contribution in [1.82, 2.24) is 14.8 Å². The van der Waals surface area contributed by atoms with Gasteiger partial charge in [0.1, 0.15) is 5.82 Å². The molecule has 0 radical (unpaired) electrons. The number of carboxylic acid groups (broad SMARTS) is 1. The van der Waals surface area contributed by atoms with Gasteiger partial charge in [0.25, 0.3) is 5.82 Å². The number of aromatic nitrogens is 3. The zero-order chi connectivity index (χ0) is 12.7. The summed E-state index contributed by atoms with van der Waals surface area (Å²) >= 11 is 5.83. The van der Waals surface area contributed by atoms with Crippen molar-refractivity contribution < 1.29 is 9.90 Å². The lowest BCUT2D eigenvalue weighted by Gasteiger charge is -2.04. The summed E-state index contributed by atoms with van der Waals surface area (Å²) in [5.41, 5.74) is 0.779. The van der Waals surface area contributed by atoms with Crippen molar-refractivity contribution in [3.8, 4) is 5.69 Å². The van der Waals surface area contributed by atoms with E-state index in [2.05, 4.69) is 10.1 Å². The Kier molecular flexibility index (Phi) is 2.56. The molecule has 3 rings (SSSR count). The zero-order valence-electron chi connectivity index (χ0n) is 9.38. The van der Waals surface area contributed by atoms with Crippen LogP contribution in [0.2, 0.25) is 5.02 Å². The smallest absolute Gasteiger partial charge is 0.375 e. The topological polar surface area (TPSA) is 68.0 Å².